The first-order valence-corrected chi connectivity index (χ1v) is 19.1. The third kappa shape index (κ3) is 16.2. The van der Waals surface area contributed by atoms with E-state index in [0.29, 0.717) is 19.3 Å². The van der Waals surface area contributed by atoms with Gasteiger partial charge in [0, 0.05) is 6.42 Å². The van der Waals surface area contributed by atoms with Crippen molar-refractivity contribution in [1.29, 1.82) is 0 Å². The van der Waals surface area contributed by atoms with Crippen LogP contribution in [0.15, 0.2) is 0 Å². The van der Waals surface area contributed by atoms with Crippen molar-refractivity contribution in [3.63, 3.8) is 0 Å². The maximum atomic E-state index is 12.6. The summed E-state index contributed by atoms with van der Waals surface area (Å²) in [6.07, 6.45) is 1.12. The minimum Gasteiger partial charge on any atom is -0.539 e. The highest BCUT2D eigenvalue weighted by atomic mass is 16.8. The molecule has 2 rings (SSSR count). The number of aliphatic carboxylic acids is 1. The van der Waals surface area contributed by atoms with E-state index in [1.165, 1.54) is 0 Å². The molecule has 0 spiro atoms. The number of carboxylic acid groups (broad SMARTS) is 1. The number of carbonyl (C=O) groups is 3. The fourth-order valence-corrected chi connectivity index (χ4v) is 6.50. The SMILES string of the molecule is CCCCCC(CCCCCCCCCCCCCCCC(=O)O[C@@H]1[C@@H](O)[C@@H](O[C@H]2O[C@H](CO)[C@H](O)[C@H](O)[C@H]2O)O[C@H](CO)[C@H]1O)OC(=O)C(=O)[O-]. The smallest absolute Gasteiger partial charge is 0.354 e. The highest BCUT2D eigenvalue weighted by Crippen LogP contribution is 2.29. The van der Waals surface area contributed by atoms with Gasteiger partial charge in [-0.2, -0.15) is 0 Å². The maximum absolute atomic E-state index is 12.6. The van der Waals surface area contributed by atoms with Gasteiger partial charge in [0.25, 0.3) is 0 Å². The molecule has 2 heterocycles. The lowest BCUT2D eigenvalue weighted by Gasteiger charge is -2.45. The van der Waals surface area contributed by atoms with Crippen LogP contribution in [0.3, 0.4) is 0 Å². The molecular weight excluding hydrogens is 688 g/mol. The van der Waals surface area contributed by atoms with Crippen LogP contribution in [0.25, 0.3) is 0 Å². The van der Waals surface area contributed by atoms with Crippen molar-refractivity contribution in [2.24, 2.45) is 0 Å². The van der Waals surface area contributed by atoms with Crippen molar-refractivity contribution in [2.75, 3.05) is 13.2 Å². The number of unbranched alkanes of at least 4 members (excludes halogenated alkanes) is 14. The lowest BCUT2D eigenvalue weighted by atomic mass is 9.98. The predicted octanol–water partition coefficient (Wildman–Crippen LogP) is 0.247. The van der Waals surface area contributed by atoms with Crippen LogP contribution < -0.4 is 5.11 Å². The topological polar surface area (TPSA) is 262 Å². The van der Waals surface area contributed by atoms with Gasteiger partial charge in [0.15, 0.2) is 24.7 Å². The molecule has 0 aromatic rings. The Balaban J connectivity index is 1.56. The van der Waals surface area contributed by atoms with Gasteiger partial charge in [-0.05, 0) is 32.1 Å². The van der Waals surface area contributed by atoms with Gasteiger partial charge in [-0.25, -0.2) is 4.79 Å². The number of aliphatic hydroxyl groups excluding tert-OH is 7. The molecule has 2 fully saturated rings. The Morgan fingerprint density at radius 1 is 0.615 bits per heavy atom. The molecule has 0 amide bonds. The normalized spacial score (nSPS) is 29.8. The van der Waals surface area contributed by atoms with Crippen LogP contribution in [0.1, 0.15) is 129 Å². The fourth-order valence-electron chi connectivity index (χ4n) is 6.50. The zero-order valence-corrected chi connectivity index (χ0v) is 30.5. The molecule has 16 nitrogen and oxygen atoms in total. The molecule has 2 aliphatic rings. The van der Waals surface area contributed by atoms with Gasteiger partial charge in [0.05, 0.1) is 13.2 Å². The first kappa shape index (κ1) is 46.2. The second-order valence-corrected chi connectivity index (χ2v) is 13.9. The van der Waals surface area contributed by atoms with Crippen molar-refractivity contribution < 1.29 is 78.9 Å². The van der Waals surface area contributed by atoms with E-state index in [0.717, 1.165) is 96.3 Å². The first-order chi connectivity index (χ1) is 24.9. The van der Waals surface area contributed by atoms with E-state index in [1.807, 2.05) is 0 Å². The van der Waals surface area contributed by atoms with Crippen molar-refractivity contribution in [3.8, 4) is 0 Å². The largest absolute Gasteiger partial charge is 0.539 e. The number of carbonyl (C=O) groups excluding carboxylic acids is 3. The van der Waals surface area contributed by atoms with E-state index < -0.39 is 92.5 Å². The molecule has 0 aliphatic carbocycles. The molecular formula is C36H63O16-. The number of esters is 2. The van der Waals surface area contributed by atoms with Gasteiger partial charge < -0.3 is 69.3 Å². The van der Waals surface area contributed by atoms with Gasteiger partial charge in [-0.3, -0.25) is 4.79 Å². The molecule has 1 unspecified atom stereocenters. The summed E-state index contributed by atoms with van der Waals surface area (Å²) in [5.74, 6) is -3.74. The highest BCUT2D eigenvalue weighted by molar-refractivity contribution is 6.27. The number of hydrogen-bond acceptors (Lipinski definition) is 16. The number of rotatable bonds is 26. The molecule has 16 heteroatoms. The molecule has 0 bridgehead atoms. The number of hydrogen-bond donors (Lipinski definition) is 7. The Hall–Kier alpha value is -1.99. The lowest BCUT2D eigenvalue weighted by Crippen LogP contribution is -2.64. The van der Waals surface area contributed by atoms with Crippen LogP contribution in [0.2, 0.25) is 0 Å². The van der Waals surface area contributed by atoms with Crippen molar-refractivity contribution in [3.05, 3.63) is 0 Å². The van der Waals surface area contributed by atoms with Crippen LogP contribution in [-0.2, 0) is 38.1 Å². The second-order valence-electron chi connectivity index (χ2n) is 13.9. The number of carboxylic acids is 1. The summed E-state index contributed by atoms with van der Waals surface area (Å²) in [6, 6.07) is 0. The molecule has 2 saturated heterocycles. The van der Waals surface area contributed by atoms with E-state index in [1.54, 1.807) is 0 Å². The van der Waals surface area contributed by atoms with Crippen LogP contribution in [0, 0.1) is 0 Å². The van der Waals surface area contributed by atoms with E-state index >= 15 is 0 Å². The minimum atomic E-state index is -1.79. The molecule has 52 heavy (non-hydrogen) atoms. The summed E-state index contributed by atoms with van der Waals surface area (Å²) in [7, 11) is 0. The van der Waals surface area contributed by atoms with Crippen molar-refractivity contribution in [2.45, 2.75) is 196 Å². The third-order valence-electron chi connectivity index (χ3n) is 9.68. The van der Waals surface area contributed by atoms with Crippen LogP contribution in [0.5, 0.6) is 0 Å². The highest BCUT2D eigenvalue weighted by Gasteiger charge is 2.51. The molecule has 11 atom stereocenters. The summed E-state index contributed by atoms with van der Waals surface area (Å²) < 4.78 is 26.6. The zero-order chi connectivity index (χ0) is 38.5. The summed E-state index contributed by atoms with van der Waals surface area (Å²) in [4.78, 5) is 34.7. The Morgan fingerprint density at radius 2 is 1.08 bits per heavy atom. The zero-order valence-electron chi connectivity index (χ0n) is 30.5. The molecule has 2 aliphatic heterocycles. The molecule has 304 valence electrons. The fraction of sp³-hybridized carbons (Fsp3) is 0.917. The molecule has 0 aromatic heterocycles. The van der Waals surface area contributed by atoms with Gasteiger partial charge in [0.1, 0.15) is 48.8 Å². The molecule has 0 saturated carbocycles. The number of ether oxygens (including phenoxy) is 5. The van der Waals surface area contributed by atoms with Crippen LogP contribution in [-0.4, -0.2) is 134 Å². The maximum Gasteiger partial charge on any atom is 0.354 e. The van der Waals surface area contributed by atoms with Crippen molar-refractivity contribution >= 4 is 17.9 Å². The standard InChI is InChI=1S/C36H64O16/c1-2-3-15-18-23(48-34(47)33(45)46)19-16-13-11-9-7-5-4-6-8-10-12-14-17-20-26(39)51-32-28(41)25(22-38)50-36(31(32)44)52-35-30(43)29(42)27(40)24(21-37)49-35/h23-25,27-32,35-38,40-44H,2-22H2,1H3,(H,45,46)/p-1/t23?,24-,25-,27+,28-,29+,30-,31-,32+,35-,36-/m1/s1. The van der Waals surface area contributed by atoms with E-state index in [4.69, 9.17) is 23.7 Å². The third-order valence-corrected chi connectivity index (χ3v) is 9.68. The average Bonchev–Trinajstić information content (AvgIpc) is 3.12. The van der Waals surface area contributed by atoms with Gasteiger partial charge in [0.2, 0.25) is 0 Å². The lowest BCUT2D eigenvalue weighted by molar-refractivity contribution is -0.376. The Bertz CT molecular complexity index is 997. The Labute approximate surface area is 306 Å². The van der Waals surface area contributed by atoms with E-state index in [-0.39, 0.29) is 12.5 Å². The van der Waals surface area contributed by atoms with Gasteiger partial charge >= 0.3 is 11.9 Å². The quantitative estimate of drug-likeness (QED) is 0.0355. The molecule has 0 aromatic carbocycles. The van der Waals surface area contributed by atoms with Crippen LogP contribution >= 0.6 is 0 Å². The average molecular weight is 752 g/mol. The molecule has 7 N–H and O–H groups in total. The van der Waals surface area contributed by atoms with Gasteiger partial charge in [-0.15, -0.1) is 0 Å². The first-order valence-electron chi connectivity index (χ1n) is 19.1. The monoisotopic (exact) mass is 751 g/mol. The second kappa shape index (κ2) is 25.9. The number of aliphatic hydroxyl groups is 7. The minimum absolute atomic E-state index is 0.0449. The Morgan fingerprint density at radius 3 is 1.58 bits per heavy atom. The summed E-state index contributed by atoms with van der Waals surface area (Å²) in [6.45, 7) is 0.661. The summed E-state index contributed by atoms with van der Waals surface area (Å²) >= 11 is 0. The summed E-state index contributed by atoms with van der Waals surface area (Å²) in [5.41, 5.74) is 0. The van der Waals surface area contributed by atoms with E-state index in [2.05, 4.69) is 6.92 Å². The Kier molecular flexibility index (Phi) is 23.0. The predicted molar refractivity (Wildman–Crippen MR) is 181 cm³/mol. The van der Waals surface area contributed by atoms with E-state index in [9.17, 15) is 55.2 Å². The van der Waals surface area contributed by atoms with Crippen LogP contribution in [0.4, 0.5) is 0 Å². The van der Waals surface area contributed by atoms with Gasteiger partial charge in [-0.1, -0.05) is 90.4 Å². The van der Waals surface area contributed by atoms with Crippen molar-refractivity contribution in [1.82, 2.24) is 0 Å². The molecule has 0 radical (unpaired) electrons. The summed E-state index contributed by atoms with van der Waals surface area (Å²) in [5, 5.41) is 81.4.